The third-order valence-electron chi connectivity index (χ3n) is 4.86. The molecule has 2 aliphatic heterocycles. The second-order valence-electron chi connectivity index (χ2n) is 6.20. The van der Waals surface area contributed by atoms with Gasteiger partial charge in [-0.2, -0.15) is 0 Å². The van der Waals surface area contributed by atoms with Crippen LogP contribution < -0.4 is 4.74 Å². The van der Waals surface area contributed by atoms with Gasteiger partial charge in [0, 0.05) is 11.1 Å². The number of aromatic hydroxyl groups is 1. The lowest BCUT2D eigenvalue weighted by Gasteiger charge is -2.20. The number of epoxide rings is 1. The van der Waals surface area contributed by atoms with E-state index in [9.17, 15) is 9.90 Å². The van der Waals surface area contributed by atoms with Crippen molar-refractivity contribution < 1.29 is 24.1 Å². The van der Waals surface area contributed by atoms with Crippen LogP contribution in [0.5, 0.6) is 11.5 Å². The summed E-state index contributed by atoms with van der Waals surface area (Å²) in [5.74, 6) is 0.510. The first-order valence-corrected chi connectivity index (χ1v) is 7.50. The Hall–Kier alpha value is -2.01. The average molecular weight is 302 g/mol. The number of carbonyl (C=O) groups is 1. The van der Waals surface area contributed by atoms with Crippen LogP contribution in [0.1, 0.15) is 37.0 Å². The van der Waals surface area contributed by atoms with Crippen molar-refractivity contribution in [1.29, 1.82) is 0 Å². The van der Waals surface area contributed by atoms with Crippen LogP contribution in [0.3, 0.4) is 0 Å². The molecular weight excluding hydrogens is 284 g/mol. The van der Waals surface area contributed by atoms with Crippen LogP contribution in [-0.4, -0.2) is 29.9 Å². The molecular formula is C17H18O5. The lowest BCUT2D eigenvalue weighted by atomic mass is 9.88. The Labute approximate surface area is 128 Å². The number of benzene rings is 1. The first kappa shape index (κ1) is 13.6. The SMILES string of the molecule is COc1ccc(O)c2c1[C@H]1OC(=O)[C@]3(CCC=C(C)C2)O[C@H]13. The number of phenolic OH excluding ortho intramolecular Hbond substituents is 1. The molecule has 1 aromatic carbocycles. The maximum Gasteiger partial charge on any atom is 0.342 e. The van der Waals surface area contributed by atoms with E-state index >= 15 is 0 Å². The number of esters is 1. The van der Waals surface area contributed by atoms with Crippen LogP contribution in [0.2, 0.25) is 0 Å². The zero-order valence-corrected chi connectivity index (χ0v) is 12.6. The zero-order valence-electron chi connectivity index (χ0n) is 12.6. The summed E-state index contributed by atoms with van der Waals surface area (Å²) in [5, 5.41) is 10.3. The van der Waals surface area contributed by atoms with Gasteiger partial charge in [-0.15, -0.1) is 0 Å². The monoisotopic (exact) mass is 302 g/mol. The van der Waals surface area contributed by atoms with Crippen LogP contribution in [0.25, 0.3) is 0 Å². The van der Waals surface area contributed by atoms with Crippen molar-refractivity contribution in [3.63, 3.8) is 0 Å². The maximum atomic E-state index is 12.3. The number of methoxy groups -OCH3 is 1. The summed E-state index contributed by atoms with van der Waals surface area (Å²) in [6.07, 6.45) is 3.33. The predicted octanol–water partition coefficient (Wildman–Crippen LogP) is 2.42. The zero-order chi connectivity index (χ0) is 15.5. The molecule has 2 bridgehead atoms. The van der Waals surface area contributed by atoms with Crippen molar-refractivity contribution in [2.45, 2.75) is 44.0 Å². The molecule has 0 saturated carbocycles. The highest BCUT2D eigenvalue weighted by atomic mass is 16.7. The van der Waals surface area contributed by atoms with Crippen molar-refractivity contribution in [2.24, 2.45) is 0 Å². The van der Waals surface area contributed by atoms with Crippen LogP contribution in [-0.2, 0) is 20.7 Å². The highest BCUT2D eigenvalue weighted by Crippen LogP contribution is 2.58. The first-order chi connectivity index (χ1) is 10.6. The molecule has 5 nitrogen and oxygen atoms in total. The normalized spacial score (nSPS) is 32.5. The van der Waals surface area contributed by atoms with Gasteiger partial charge in [-0.1, -0.05) is 11.6 Å². The molecule has 22 heavy (non-hydrogen) atoms. The summed E-state index contributed by atoms with van der Waals surface area (Å²) < 4.78 is 16.8. The molecule has 1 N–H and O–H groups in total. The standard InChI is InChI=1S/C17H18O5/c1-9-4-3-7-17-15(22-17)14(21-16(17)19)13-10(8-9)11(18)5-6-12(13)20-2/h4-6,14-15,18H,3,7-8H2,1-2H3/t14-,15-,17-/m1/s1. The van der Waals surface area contributed by atoms with E-state index in [2.05, 4.69) is 6.08 Å². The van der Waals surface area contributed by atoms with E-state index in [0.717, 1.165) is 23.1 Å². The fourth-order valence-electron chi connectivity index (χ4n) is 3.64. The van der Waals surface area contributed by atoms with E-state index in [4.69, 9.17) is 14.2 Å². The minimum Gasteiger partial charge on any atom is -0.508 e. The second kappa shape index (κ2) is 4.49. The Morgan fingerprint density at radius 3 is 2.95 bits per heavy atom. The molecule has 0 aromatic heterocycles. The molecule has 2 heterocycles. The maximum absolute atomic E-state index is 12.3. The Balaban J connectivity index is 1.92. The second-order valence-corrected chi connectivity index (χ2v) is 6.20. The van der Waals surface area contributed by atoms with Crippen molar-refractivity contribution in [3.8, 4) is 11.5 Å². The van der Waals surface area contributed by atoms with Crippen molar-refractivity contribution >= 4 is 5.97 Å². The number of phenols is 1. The molecule has 0 unspecified atom stereocenters. The molecule has 116 valence electrons. The quantitative estimate of drug-likeness (QED) is 0.490. The van der Waals surface area contributed by atoms with Crippen molar-refractivity contribution in [1.82, 2.24) is 0 Å². The number of allylic oxidation sites excluding steroid dienone is 2. The molecule has 3 atom stereocenters. The third-order valence-corrected chi connectivity index (χ3v) is 4.86. The molecule has 1 aromatic rings. The fourth-order valence-corrected chi connectivity index (χ4v) is 3.64. The molecule has 0 amide bonds. The minimum absolute atomic E-state index is 0.193. The molecule has 5 heteroatoms. The van der Waals surface area contributed by atoms with Crippen molar-refractivity contribution in [3.05, 3.63) is 34.9 Å². The van der Waals surface area contributed by atoms with Crippen LogP contribution in [0.4, 0.5) is 0 Å². The Morgan fingerprint density at radius 2 is 2.23 bits per heavy atom. The van der Waals surface area contributed by atoms with Gasteiger partial charge < -0.3 is 19.3 Å². The van der Waals surface area contributed by atoms with Crippen LogP contribution in [0, 0.1) is 0 Å². The van der Waals surface area contributed by atoms with Gasteiger partial charge in [0.2, 0.25) is 0 Å². The highest BCUT2D eigenvalue weighted by molar-refractivity contribution is 5.87. The van der Waals surface area contributed by atoms with E-state index in [0.29, 0.717) is 18.6 Å². The molecule has 1 aliphatic carbocycles. The number of fused-ring (bicyclic) bond motifs is 2. The molecule has 3 aliphatic rings. The molecule has 4 rings (SSSR count). The van der Waals surface area contributed by atoms with E-state index in [1.165, 1.54) is 0 Å². The van der Waals surface area contributed by atoms with Gasteiger partial charge in [-0.3, -0.25) is 0 Å². The summed E-state index contributed by atoms with van der Waals surface area (Å²) in [6.45, 7) is 2.03. The van der Waals surface area contributed by atoms with Gasteiger partial charge in [0.15, 0.2) is 11.7 Å². The van der Waals surface area contributed by atoms with Crippen molar-refractivity contribution in [2.75, 3.05) is 7.11 Å². The lowest BCUT2D eigenvalue weighted by molar-refractivity contribution is -0.154. The average Bonchev–Trinajstić information content (AvgIpc) is 3.16. The van der Waals surface area contributed by atoms with E-state index in [-0.39, 0.29) is 17.8 Å². The van der Waals surface area contributed by atoms with Crippen LogP contribution in [0.15, 0.2) is 23.8 Å². The molecule has 0 radical (unpaired) electrons. The molecule has 2 fully saturated rings. The largest absolute Gasteiger partial charge is 0.508 e. The summed E-state index contributed by atoms with van der Waals surface area (Å²) in [7, 11) is 1.58. The van der Waals surface area contributed by atoms with Gasteiger partial charge >= 0.3 is 5.97 Å². The number of rotatable bonds is 1. The Bertz CT molecular complexity index is 693. The highest BCUT2D eigenvalue weighted by Gasteiger charge is 2.73. The summed E-state index contributed by atoms with van der Waals surface area (Å²) in [6, 6.07) is 3.32. The first-order valence-electron chi connectivity index (χ1n) is 7.50. The van der Waals surface area contributed by atoms with E-state index < -0.39 is 11.7 Å². The lowest BCUT2D eigenvalue weighted by Crippen LogP contribution is -2.22. The smallest absolute Gasteiger partial charge is 0.342 e. The third kappa shape index (κ3) is 1.72. The van der Waals surface area contributed by atoms with Gasteiger partial charge in [0.05, 0.1) is 7.11 Å². The fraction of sp³-hybridized carbons (Fsp3) is 0.471. The van der Waals surface area contributed by atoms with Gasteiger partial charge in [-0.25, -0.2) is 4.79 Å². The number of carbonyl (C=O) groups excluding carboxylic acids is 1. The summed E-state index contributed by atoms with van der Waals surface area (Å²) in [4.78, 5) is 12.3. The number of ether oxygens (including phenoxy) is 3. The summed E-state index contributed by atoms with van der Waals surface area (Å²) >= 11 is 0. The topological polar surface area (TPSA) is 68.3 Å². The summed E-state index contributed by atoms with van der Waals surface area (Å²) in [5.41, 5.74) is 1.83. The van der Waals surface area contributed by atoms with Gasteiger partial charge in [0.1, 0.15) is 17.6 Å². The van der Waals surface area contributed by atoms with E-state index in [1.807, 2.05) is 6.92 Å². The molecule has 2 saturated heterocycles. The Morgan fingerprint density at radius 1 is 1.41 bits per heavy atom. The number of hydrogen-bond acceptors (Lipinski definition) is 5. The predicted molar refractivity (Wildman–Crippen MR) is 77.8 cm³/mol. The van der Waals surface area contributed by atoms with Gasteiger partial charge in [-0.05, 0) is 38.3 Å². The van der Waals surface area contributed by atoms with Crippen LogP contribution >= 0.6 is 0 Å². The van der Waals surface area contributed by atoms with Gasteiger partial charge in [0.25, 0.3) is 0 Å². The number of hydrogen-bond donors (Lipinski definition) is 1. The Kier molecular flexibility index (Phi) is 2.78. The van der Waals surface area contributed by atoms with E-state index in [1.54, 1.807) is 19.2 Å². The minimum atomic E-state index is -0.799. The molecule has 0 spiro atoms.